The minimum Gasteiger partial charge on any atom is -0.255 e. The number of hydrogen-bond acceptors (Lipinski definition) is 2. The van der Waals surface area contributed by atoms with Gasteiger partial charge in [-0.05, 0) is 76.1 Å². The second-order valence-corrected chi connectivity index (χ2v) is 12.5. The third-order valence-electron chi connectivity index (χ3n) is 5.95. The fourth-order valence-electron chi connectivity index (χ4n) is 4.15. The van der Waals surface area contributed by atoms with Gasteiger partial charge in [0, 0.05) is 26.3 Å². The van der Waals surface area contributed by atoms with Crippen molar-refractivity contribution >= 4 is 31.9 Å². The fourth-order valence-corrected chi connectivity index (χ4v) is 5.36. The van der Waals surface area contributed by atoms with E-state index in [4.69, 9.17) is 4.98 Å². The number of hydrogen-bond donors (Lipinski definition) is 0. The van der Waals surface area contributed by atoms with Gasteiger partial charge in [0.05, 0.1) is 17.1 Å². The molecule has 0 aliphatic rings. The minimum atomic E-state index is -0.0368. The molecule has 0 saturated heterocycles. The van der Waals surface area contributed by atoms with Crippen molar-refractivity contribution in [2.45, 2.75) is 52.4 Å². The average molecular weight is 578 g/mol. The van der Waals surface area contributed by atoms with Crippen LogP contribution in [0.15, 0.2) is 81.9 Å². The summed E-state index contributed by atoms with van der Waals surface area (Å²) in [6.07, 6.45) is 1.81. The Labute approximate surface area is 220 Å². The zero-order chi connectivity index (χ0) is 24.7. The lowest BCUT2D eigenvalue weighted by Gasteiger charge is -2.29. The zero-order valence-corrected chi connectivity index (χ0v) is 23.8. The summed E-state index contributed by atoms with van der Waals surface area (Å²) in [5.41, 5.74) is 8.67. The summed E-state index contributed by atoms with van der Waals surface area (Å²) >= 11 is 7.44. The summed E-state index contributed by atoms with van der Waals surface area (Å²) in [5.74, 6) is 0. The van der Waals surface area contributed by atoms with Gasteiger partial charge in [0.1, 0.15) is 0 Å². The molecule has 2 aromatic carbocycles. The van der Waals surface area contributed by atoms with E-state index in [1.807, 2.05) is 24.4 Å². The largest absolute Gasteiger partial charge is 0.255 e. The van der Waals surface area contributed by atoms with E-state index >= 15 is 0 Å². The summed E-state index contributed by atoms with van der Waals surface area (Å²) in [5, 5.41) is 0. The molecule has 4 aromatic rings. The summed E-state index contributed by atoms with van der Waals surface area (Å²) in [6, 6.07) is 23.3. The van der Waals surface area contributed by atoms with E-state index in [-0.39, 0.29) is 10.8 Å². The summed E-state index contributed by atoms with van der Waals surface area (Å²) in [6.45, 7) is 13.6. The Morgan fingerprint density at radius 1 is 0.647 bits per heavy atom. The molecule has 2 heterocycles. The molecule has 4 rings (SSSR count). The van der Waals surface area contributed by atoms with Crippen LogP contribution in [0.25, 0.3) is 33.8 Å². The van der Waals surface area contributed by atoms with E-state index in [0.29, 0.717) is 0 Å². The first kappa shape index (κ1) is 24.8. The molecule has 34 heavy (non-hydrogen) atoms. The van der Waals surface area contributed by atoms with Crippen LogP contribution in [0.5, 0.6) is 0 Å². The monoisotopic (exact) mass is 576 g/mol. The highest BCUT2D eigenvalue weighted by molar-refractivity contribution is 9.10. The van der Waals surface area contributed by atoms with Crippen molar-refractivity contribution in [3.8, 4) is 33.8 Å². The van der Waals surface area contributed by atoms with Crippen molar-refractivity contribution < 1.29 is 0 Å². The number of rotatable bonds is 3. The fraction of sp³-hybridized carbons (Fsp3) is 0.267. The number of aromatic nitrogens is 2. The molecule has 0 spiro atoms. The van der Waals surface area contributed by atoms with Gasteiger partial charge < -0.3 is 0 Å². The van der Waals surface area contributed by atoms with Crippen molar-refractivity contribution in [1.82, 2.24) is 9.97 Å². The van der Waals surface area contributed by atoms with Gasteiger partial charge in [0.2, 0.25) is 0 Å². The zero-order valence-electron chi connectivity index (χ0n) is 20.6. The van der Waals surface area contributed by atoms with Crippen LogP contribution < -0.4 is 0 Å². The van der Waals surface area contributed by atoms with Gasteiger partial charge >= 0.3 is 0 Å². The predicted molar refractivity (Wildman–Crippen MR) is 151 cm³/mol. The number of nitrogens with zero attached hydrogens (tertiary/aromatic N) is 2. The molecule has 4 heteroatoms. The molecule has 0 fully saturated rings. The Morgan fingerprint density at radius 3 is 1.91 bits per heavy atom. The minimum absolute atomic E-state index is 0.00308. The van der Waals surface area contributed by atoms with Crippen molar-refractivity contribution in [2.24, 2.45) is 0 Å². The molecule has 0 amide bonds. The van der Waals surface area contributed by atoms with E-state index < -0.39 is 0 Å². The second-order valence-electron chi connectivity index (χ2n) is 10.7. The molecule has 174 valence electrons. The predicted octanol–water partition coefficient (Wildman–Crippen LogP) is 9.60. The molecule has 0 radical (unpaired) electrons. The maximum atomic E-state index is 5.17. The summed E-state index contributed by atoms with van der Waals surface area (Å²) in [7, 11) is 0. The van der Waals surface area contributed by atoms with E-state index in [2.05, 4.69) is 127 Å². The van der Waals surface area contributed by atoms with E-state index in [9.17, 15) is 0 Å². The van der Waals surface area contributed by atoms with Crippen molar-refractivity contribution in [2.75, 3.05) is 0 Å². The Morgan fingerprint density at radius 2 is 1.32 bits per heavy atom. The lowest BCUT2D eigenvalue weighted by Crippen LogP contribution is -2.17. The van der Waals surface area contributed by atoms with Gasteiger partial charge in [-0.1, -0.05) is 91.6 Å². The van der Waals surface area contributed by atoms with Crippen LogP contribution in [0.1, 0.15) is 52.7 Å². The van der Waals surface area contributed by atoms with Crippen molar-refractivity contribution in [1.29, 1.82) is 0 Å². The van der Waals surface area contributed by atoms with E-state index in [1.54, 1.807) is 0 Å². The highest BCUT2D eigenvalue weighted by atomic mass is 79.9. The summed E-state index contributed by atoms with van der Waals surface area (Å²) in [4.78, 5) is 9.71. The maximum Gasteiger partial charge on any atom is 0.0894 e. The molecule has 2 nitrogen and oxygen atoms in total. The van der Waals surface area contributed by atoms with Crippen LogP contribution in [0.4, 0.5) is 0 Å². The molecule has 0 saturated carbocycles. The van der Waals surface area contributed by atoms with Crippen LogP contribution in [-0.4, -0.2) is 9.97 Å². The lowest BCUT2D eigenvalue weighted by molar-refractivity contribution is 0.575. The molecular weight excluding hydrogens is 548 g/mol. The molecule has 0 aliphatic carbocycles. The Hall–Kier alpha value is -2.30. The quantitative estimate of drug-likeness (QED) is 0.242. The van der Waals surface area contributed by atoms with Crippen molar-refractivity contribution in [3.05, 3.63) is 93.0 Å². The van der Waals surface area contributed by atoms with Gasteiger partial charge in [-0.2, -0.15) is 0 Å². The second kappa shape index (κ2) is 9.39. The molecule has 0 aliphatic heterocycles. The van der Waals surface area contributed by atoms with Crippen LogP contribution in [-0.2, 0) is 10.8 Å². The van der Waals surface area contributed by atoms with Crippen LogP contribution in [0.3, 0.4) is 0 Å². The van der Waals surface area contributed by atoms with Crippen LogP contribution in [0.2, 0.25) is 0 Å². The molecule has 0 bridgehead atoms. The molecule has 0 N–H and O–H groups in total. The third kappa shape index (κ3) is 5.18. The maximum absolute atomic E-state index is 5.17. The first-order valence-corrected chi connectivity index (χ1v) is 13.1. The van der Waals surface area contributed by atoms with Gasteiger partial charge in [-0.25, -0.2) is 4.98 Å². The molecular formula is C30H30Br2N2. The summed E-state index contributed by atoms with van der Waals surface area (Å²) < 4.78 is 2.20. The highest BCUT2D eigenvalue weighted by Crippen LogP contribution is 2.43. The van der Waals surface area contributed by atoms with Crippen molar-refractivity contribution in [3.63, 3.8) is 0 Å². The number of pyridine rings is 2. The molecule has 0 unspecified atom stereocenters. The Kier molecular flexibility index (Phi) is 6.85. The van der Waals surface area contributed by atoms with E-state index in [1.165, 1.54) is 16.7 Å². The third-order valence-corrected chi connectivity index (χ3v) is 7.14. The van der Waals surface area contributed by atoms with Gasteiger partial charge in [0.25, 0.3) is 0 Å². The van der Waals surface area contributed by atoms with Gasteiger partial charge in [-0.3, -0.25) is 4.98 Å². The van der Waals surface area contributed by atoms with E-state index in [0.717, 1.165) is 37.2 Å². The smallest absolute Gasteiger partial charge is 0.0894 e. The number of benzene rings is 2. The Bertz CT molecular complexity index is 1310. The topological polar surface area (TPSA) is 25.8 Å². The average Bonchev–Trinajstić information content (AvgIpc) is 2.78. The first-order chi connectivity index (χ1) is 15.9. The molecule has 0 atom stereocenters. The SMILES string of the molecule is CC(C)(C)c1cc(-c2ccc(-c3ccccn3)nc2-c2ccc(Br)cc2)c(C(C)(C)C)cc1Br. The van der Waals surface area contributed by atoms with Gasteiger partial charge in [0.15, 0.2) is 0 Å². The highest BCUT2D eigenvalue weighted by Gasteiger charge is 2.26. The molecule has 2 aromatic heterocycles. The number of halogens is 2. The van der Waals surface area contributed by atoms with Crippen LogP contribution in [0, 0.1) is 0 Å². The standard InChI is InChI=1S/C30H30Br2N2/c1-29(2,3)23-18-25(32)24(30(4,5)6)17-22(23)21-14-15-27(26-9-7-8-16-33-26)34-28(21)19-10-12-20(31)13-11-19/h7-18H,1-6H3. The normalized spacial score (nSPS) is 12.1. The van der Waals surface area contributed by atoms with Crippen LogP contribution >= 0.6 is 31.9 Å². The first-order valence-electron chi connectivity index (χ1n) is 11.5. The Balaban J connectivity index is 2.05. The van der Waals surface area contributed by atoms with Gasteiger partial charge in [-0.15, -0.1) is 0 Å². The lowest BCUT2D eigenvalue weighted by atomic mass is 9.77.